The van der Waals surface area contributed by atoms with Crippen LogP contribution in [0.4, 0.5) is 0 Å². The van der Waals surface area contributed by atoms with Crippen LogP contribution >= 0.6 is 11.6 Å². The van der Waals surface area contributed by atoms with Gasteiger partial charge in [0.15, 0.2) is 0 Å². The average Bonchev–Trinajstić information content (AvgIpc) is 2.75. The Morgan fingerprint density at radius 2 is 2.10 bits per heavy atom. The maximum absolute atomic E-state index is 12.2. The fourth-order valence-corrected chi connectivity index (χ4v) is 2.85. The monoisotopic (exact) mass is 315 g/mol. The predicted molar refractivity (Wildman–Crippen MR) is 79.3 cm³/mol. The van der Waals surface area contributed by atoms with Crippen LogP contribution in [0.25, 0.3) is 0 Å². The fraction of sp³-hybridized carbons (Fsp3) is 0.714. The first-order valence-corrected chi connectivity index (χ1v) is 7.64. The Bertz CT molecular complexity index is 462. The van der Waals surface area contributed by atoms with E-state index in [0.29, 0.717) is 32.5 Å². The van der Waals surface area contributed by atoms with E-state index in [2.05, 4.69) is 10.1 Å². The van der Waals surface area contributed by atoms with Crippen molar-refractivity contribution in [3.8, 4) is 0 Å². The van der Waals surface area contributed by atoms with Crippen LogP contribution in [0.1, 0.15) is 24.6 Å². The van der Waals surface area contributed by atoms with Gasteiger partial charge in [0.1, 0.15) is 0 Å². The topological polar surface area (TPSA) is 69.8 Å². The highest BCUT2D eigenvalue weighted by molar-refractivity contribution is 6.29. The van der Waals surface area contributed by atoms with E-state index in [9.17, 15) is 9.90 Å². The smallest absolute Gasteiger partial charge is 0.229 e. The number of piperazine rings is 1. The number of hydrogen-bond acceptors (Lipinski definition) is 5. The molecule has 1 unspecified atom stereocenters. The number of aryl methyl sites for hydroxylation is 1. The fourth-order valence-electron chi connectivity index (χ4n) is 2.58. The van der Waals surface area contributed by atoms with Gasteiger partial charge in [-0.15, -0.1) is 0 Å². The van der Waals surface area contributed by atoms with Gasteiger partial charge >= 0.3 is 0 Å². The molecule has 0 spiro atoms. The summed E-state index contributed by atoms with van der Waals surface area (Å²) in [7, 11) is 0. The normalized spacial score (nSPS) is 18.0. The van der Waals surface area contributed by atoms with E-state index in [1.165, 1.54) is 0 Å². The van der Waals surface area contributed by atoms with E-state index in [-0.39, 0.29) is 17.2 Å². The number of carbonyl (C=O) groups is 1. The minimum Gasteiger partial charge on any atom is -0.392 e. The molecule has 1 atom stereocenters. The first-order chi connectivity index (χ1) is 9.97. The Hall–Kier alpha value is -1.11. The molecule has 1 amide bonds. The van der Waals surface area contributed by atoms with Crippen molar-refractivity contribution in [2.45, 2.75) is 32.8 Å². The number of nitrogens with zero attached hydrogens (tertiary/aromatic N) is 3. The number of aliphatic hydroxyl groups is 1. The molecule has 1 aromatic heterocycles. The van der Waals surface area contributed by atoms with E-state index in [1.54, 1.807) is 6.92 Å². The van der Waals surface area contributed by atoms with Gasteiger partial charge in [-0.05, 0) is 31.9 Å². The number of hydrogen-bond donors (Lipinski definition) is 1. The van der Waals surface area contributed by atoms with Crippen LogP contribution in [-0.4, -0.2) is 64.8 Å². The largest absolute Gasteiger partial charge is 0.392 e. The summed E-state index contributed by atoms with van der Waals surface area (Å²) in [5.41, 5.74) is 1.56. The maximum atomic E-state index is 12.2. The lowest BCUT2D eigenvalue weighted by Gasteiger charge is -2.35. The van der Waals surface area contributed by atoms with Gasteiger partial charge in [-0.1, -0.05) is 5.16 Å². The van der Waals surface area contributed by atoms with Crippen molar-refractivity contribution in [1.29, 1.82) is 0 Å². The lowest BCUT2D eigenvalue weighted by atomic mass is 10.1. The highest BCUT2D eigenvalue weighted by Gasteiger charge is 2.22. The van der Waals surface area contributed by atoms with Crippen LogP contribution in [0.5, 0.6) is 0 Å². The van der Waals surface area contributed by atoms with Gasteiger partial charge in [-0.2, -0.15) is 0 Å². The van der Waals surface area contributed by atoms with Crippen LogP contribution in [0.15, 0.2) is 4.52 Å². The lowest BCUT2D eigenvalue weighted by molar-refractivity contribution is -0.133. The van der Waals surface area contributed by atoms with Gasteiger partial charge in [0.25, 0.3) is 0 Å². The minimum atomic E-state index is -0.328. The summed E-state index contributed by atoms with van der Waals surface area (Å²) < 4.78 is 4.88. The summed E-state index contributed by atoms with van der Waals surface area (Å²) in [5.74, 6) is 0.128. The first-order valence-electron chi connectivity index (χ1n) is 7.26. The second kappa shape index (κ2) is 7.24. The number of β-amino-alcohol motifs (C(OH)–C–C–N with tert-alkyl or cyclic N) is 1. The van der Waals surface area contributed by atoms with Gasteiger partial charge < -0.3 is 14.5 Å². The minimum absolute atomic E-state index is 0.128. The molecule has 1 N–H and O–H groups in total. The zero-order valence-corrected chi connectivity index (χ0v) is 13.3. The van der Waals surface area contributed by atoms with Crippen molar-refractivity contribution in [3.63, 3.8) is 0 Å². The number of aromatic nitrogens is 1. The summed E-state index contributed by atoms with van der Waals surface area (Å²) in [5, 5.41) is 13.4. The van der Waals surface area contributed by atoms with Crippen molar-refractivity contribution < 1.29 is 14.4 Å². The maximum Gasteiger partial charge on any atom is 0.229 e. The van der Waals surface area contributed by atoms with Crippen LogP contribution in [0.2, 0.25) is 5.22 Å². The van der Waals surface area contributed by atoms with Crippen LogP contribution in [0.3, 0.4) is 0 Å². The van der Waals surface area contributed by atoms with Crippen molar-refractivity contribution in [1.82, 2.24) is 15.0 Å². The van der Waals surface area contributed by atoms with Crippen molar-refractivity contribution in [3.05, 3.63) is 16.5 Å². The second-order valence-electron chi connectivity index (χ2n) is 5.55. The van der Waals surface area contributed by atoms with E-state index in [0.717, 1.165) is 24.3 Å². The van der Waals surface area contributed by atoms with Crippen molar-refractivity contribution >= 4 is 17.5 Å². The quantitative estimate of drug-likeness (QED) is 0.881. The molecule has 1 fully saturated rings. The molecule has 0 saturated carbocycles. The van der Waals surface area contributed by atoms with E-state index in [1.807, 2.05) is 11.8 Å². The predicted octanol–water partition coefficient (Wildman–Crippen LogP) is 1.09. The number of carbonyl (C=O) groups excluding carboxylic acids is 1. The lowest BCUT2D eigenvalue weighted by Crippen LogP contribution is -2.50. The van der Waals surface area contributed by atoms with Crippen molar-refractivity contribution in [2.75, 3.05) is 32.7 Å². The molecule has 0 aromatic carbocycles. The number of amides is 1. The zero-order chi connectivity index (χ0) is 15.4. The highest BCUT2D eigenvalue weighted by atomic mass is 35.5. The van der Waals surface area contributed by atoms with Gasteiger partial charge in [0, 0.05) is 44.7 Å². The zero-order valence-electron chi connectivity index (χ0n) is 12.5. The first kappa shape index (κ1) is 16.3. The molecule has 7 heteroatoms. The molecule has 6 nitrogen and oxygen atoms in total. The van der Waals surface area contributed by atoms with Gasteiger partial charge in [-0.25, -0.2) is 0 Å². The van der Waals surface area contributed by atoms with Crippen LogP contribution in [-0.2, 0) is 11.2 Å². The Labute approximate surface area is 129 Å². The van der Waals surface area contributed by atoms with Crippen molar-refractivity contribution in [2.24, 2.45) is 0 Å². The third-order valence-electron chi connectivity index (χ3n) is 3.77. The van der Waals surface area contributed by atoms with Gasteiger partial charge in [0.2, 0.25) is 11.1 Å². The number of rotatable bonds is 5. The van der Waals surface area contributed by atoms with Crippen LogP contribution in [0, 0.1) is 6.92 Å². The number of aliphatic hydroxyl groups excluding tert-OH is 1. The molecular weight excluding hydrogens is 294 g/mol. The van der Waals surface area contributed by atoms with Crippen LogP contribution < -0.4 is 0 Å². The average molecular weight is 316 g/mol. The second-order valence-corrected chi connectivity index (χ2v) is 5.89. The molecule has 0 aliphatic carbocycles. The summed E-state index contributed by atoms with van der Waals surface area (Å²) in [4.78, 5) is 16.3. The summed E-state index contributed by atoms with van der Waals surface area (Å²) >= 11 is 5.90. The van der Waals surface area contributed by atoms with E-state index >= 15 is 0 Å². The summed E-state index contributed by atoms with van der Waals surface area (Å²) in [6.45, 7) is 7.31. The van der Waals surface area contributed by atoms with Gasteiger partial charge in [-0.3, -0.25) is 9.69 Å². The molecule has 1 aliphatic heterocycles. The van der Waals surface area contributed by atoms with Gasteiger partial charge in [0.05, 0.1) is 11.8 Å². The molecule has 1 aromatic rings. The summed E-state index contributed by atoms with van der Waals surface area (Å²) in [6, 6.07) is 0. The molecule has 2 heterocycles. The Morgan fingerprint density at radius 3 is 2.62 bits per heavy atom. The van der Waals surface area contributed by atoms with E-state index < -0.39 is 0 Å². The third-order valence-corrected chi connectivity index (χ3v) is 4.07. The molecule has 118 valence electrons. The Balaban J connectivity index is 1.77. The number of halogens is 1. The molecule has 2 rings (SSSR count). The Kier molecular flexibility index (Phi) is 5.61. The Morgan fingerprint density at radius 1 is 1.43 bits per heavy atom. The highest BCUT2D eigenvalue weighted by Crippen LogP contribution is 2.21. The third kappa shape index (κ3) is 4.43. The molecule has 0 bridgehead atoms. The molecule has 1 aliphatic rings. The summed E-state index contributed by atoms with van der Waals surface area (Å²) in [6.07, 6.45) is 0.643. The molecule has 1 saturated heterocycles. The standard InChI is InChI=1S/C14H22ClN3O3/c1-10(19)9-17-5-7-18(8-6-17)13(20)4-3-12-11(2)16-21-14(12)15/h10,19H,3-9H2,1-2H3. The SMILES string of the molecule is Cc1noc(Cl)c1CCC(=O)N1CCN(CC(C)O)CC1. The van der Waals surface area contributed by atoms with E-state index in [4.69, 9.17) is 16.1 Å². The molecular formula is C14H22ClN3O3. The molecule has 21 heavy (non-hydrogen) atoms. The molecule has 0 radical (unpaired) electrons.